The number of amides is 1. The first-order chi connectivity index (χ1) is 14.3. The summed E-state index contributed by atoms with van der Waals surface area (Å²) in [5.41, 5.74) is 4.75. The van der Waals surface area contributed by atoms with E-state index in [0.717, 1.165) is 24.1 Å². The van der Waals surface area contributed by atoms with Crippen LogP contribution in [0.2, 0.25) is 5.02 Å². The lowest BCUT2D eigenvalue weighted by atomic mass is 9.87. The van der Waals surface area contributed by atoms with E-state index >= 15 is 0 Å². The fraction of sp³-hybridized carbons (Fsp3) is 0.280. The molecule has 0 aliphatic carbocycles. The first-order valence-electron chi connectivity index (χ1n) is 10.1. The topological polar surface area (TPSA) is 56.1 Å². The summed E-state index contributed by atoms with van der Waals surface area (Å²) in [6.45, 7) is 9.68. The van der Waals surface area contributed by atoms with Gasteiger partial charge < -0.3 is 10.2 Å². The maximum Gasteiger partial charge on any atom is 0.266 e. The van der Waals surface area contributed by atoms with Crippen LogP contribution in [0.25, 0.3) is 11.6 Å². The Bertz CT molecular complexity index is 1080. The molecule has 5 heteroatoms. The van der Waals surface area contributed by atoms with Crippen molar-refractivity contribution in [1.82, 2.24) is 0 Å². The smallest absolute Gasteiger partial charge is 0.266 e. The van der Waals surface area contributed by atoms with Gasteiger partial charge >= 0.3 is 0 Å². The molecule has 4 nitrogen and oxygen atoms in total. The third kappa shape index (κ3) is 4.42. The van der Waals surface area contributed by atoms with Crippen LogP contribution < -0.4 is 10.2 Å². The Morgan fingerprint density at radius 2 is 2.00 bits per heavy atom. The first-order valence-corrected chi connectivity index (χ1v) is 10.4. The predicted octanol–water partition coefficient (Wildman–Crippen LogP) is 6.30. The fourth-order valence-electron chi connectivity index (χ4n) is 3.89. The van der Waals surface area contributed by atoms with E-state index in [1.165, 1.54) is 11.3 Å². The molecule has 0 saturated carbocycles. The van der Waals surface area contributed by atoms with Gasteiger partial charge in [-0.1, -0.05) is 42.8 Å². The molecular weight excluding hydrogens is 394 g/mol. The Balaban J connectivity index is 1.94. The molecule has 0 radical (unpaired) electrons. The fourth-order valence-corrected chi connectivity index (χ4v) is 4.07. The Labute approximate surface area is 183 Å². The lowest BCUT2D eigenvalue weighted by molar-refractivity contribution is -0.112. The highest BCUT2D eigenvalue weighted by molar-refractivity contribution is 6.34. The number of fused-ring (bicyclic) bond motifs is 1. The number of hydrogen-bond acceptors (Lipinski definition) is 3. The molecule has 1 heterocycles. The van der Waals surface area contributed by atoms with E-state index < -0.39 is 5.91 Å². The first kappa shape index (κ1) is 21.7. The zero-order valence-corrected chi connectivity index (χ0v) is 18.5. The van der Waals surface area contributed by atoms with Crippen molar-refractivity contribution < 1.29 is 4.79 Å². The van der Waals surface area contributed by atoms with E-state index in [-0.39, 0.29) is 11.1 Å². The molecule has 1 aliphatic rings. The Kier molecular flexibility index (Phi) is 6.34. The molecule has 1 aliphatic heterocycles. The largest absolute Gasteiger partial charge is 0.362 e. The lowest BCUT2D eigenvalue weighted by Gasteiger charge is -2.43. The standard InChI is InChI=1S/C25H26ClN3O/c1-5-12-29-23-11-10-18(14-20(23)17(2)15-25(29,3)4)13-19(16-27)24(30)28-22-9-7-6-8-21(22)26/h6-11,13-15H,5,12H2,1-4H3,(H,28,30)/b19-13+. The number of nitriles is 1. The van der Waals surface area contributed by atoms with Crippen molar-refractivity contribution >= 4 is 40.5 Å². The maximum absolute atomic E-state index is 12.6. The van der Waals surface area contributed by atoms with Gasteiger partial charge in [0.05, 0.1) is 16.2 Å². The van der Waals surface area contributed by atoms with E-state index in [2.05, 4.69) is 50.1 Å². The highest BCUT2D eigenvalue weighted by atomic mass is 35.5. The summed E-state index contributed by atoms with van der Waals surface area (Å²) in [4.78, 5) is 15.0. The van der Waals surface area contributed by atoms with Gasteiger partial charge in [-0.3, -0.25) is 4.79 Å². The summed E-state index contributed by atoms with van der Waals surface area (Å²) in [7, 11) is 0. The Hall–Kier alpha value is -3.03. The number of para-hydroxylation sites is 1. The number of rotatable bonds is 5. The number of nitrogens with zero attached hydrogens (tertiary/aromatic N) is 2. The van der Waals surface area contributed by atoms with Crippen molar-refractivity contribution in [3.63, 3.8) is 0 Å². The van der Waals surface area contributed by atoms with Gasteiger partial charge in [0.25, 0.3) is 5.91 Å². The summed E-state index contributed by atoms with van der Waals surface area (Å²) < 4.78 is 0. The van der Waals surface area contributed by atoms with Crippen molar-refractivity contribution in [3.05, 3.63) is 70.3 Å². The highest BCUT2D eigenvalue weighted by Crippen LogP contribution is 2.39. The lowest BCUT2D eigenvalue weighted by Crippen LogP contribution is -2.45. The van der Waals surface area contributed by atoms with Crippen molar-refractivity contribution in [2.24, 2.45) is 0 Å². The minimum atomic E-state index is -0.482. The quantitative estimate of drug-likeness (QED) is 0.457. The minimum absolute atomic E-state index is 0.0260. The number of benzene rings is 2. The van der Waals surface area contributed by atoms with Gasteiger partial charge in [-0.25, -0.2) is 0 Å². The predicted molar refractivity (Wildman–Crippen MR) is 125 cm³/mol. The second kappa shape index (κ2) is 8.77. The van der Waals surface area contributed by atoms with Gasteiger partial charge in [0, 0.05) is 17.8 Å². The van der Waals surface area contributed by atoms with Gasteiger partial charge in [0.2, 0.25) is 0 Å². The number of carbonyl (C=O) groups is 1. The summed E-state index contributed by atoms with van der Waals surface area (Å²) in [5, 5.41) is 12.7. The van der Waals surface area contributed by atoms with Crippen LogP contribution in [0.5, 0.6) is 0 Å². The molecule has 0 saturated heterocycles. The summed E-state index contributed by atoms with van der Waals surface area (Å²) in [6.07, 6.45) is 4.94. The van der Waals surface area contributed by atoms with E-state index in [4.69, 9.17) is 11.6 Å². The zero-order chi connectivity index (χ0) is 21.9. The second-order valence-electron chi connectivity index (χ2n) is 8.01. The third-order valence-corrected chi connectivity index (χ3v) is 5.58. The van der Waals surface area contributed by atoms with Crippen LogP contribution >= 0.6 is 11.6 Å². The van der Waals surface area contributed by atoms with Crippen LogP contribution in [0.3, 0.4) is 0 Å². The van der Waals surface area contributed by atoms with Crippen LogP contribution in [0.1, 0.15) is 45.2 Å². The van der Waals surface area contributed by atoms with Crippen molar-refractivity contribution in [2.75, 3.05) is 16.8 Å². The molecule has 0 unspecified atom stereocenters. The average Bonchev–Trinajstić information content (AvgIpc) is 2.70. The molecule has 30 heavy (non-hydrogen) atoms. The van der Waals surface area contributed by atoms with Gasteiger partial charge in [-0.2, -0.15) is 5.26 Å². The number of allylic oxidation sites excluding steroid dienone is 1. The average molecular weight is 420 g/mol. The number of anilines is 2. The van der Waals surface area contributed by atoms with Crippen molar-refractivity contribution in [1.29, 1.82) is 5.26 Å². The summed E-state index contributed by atoms with van der Waals surface area (Å²) >= 11 is 6.11. The zero-order valence-electron chi connectivity index (χ0n) is 17.8. The van der Waals surface area contributed by atoms with E-state index in [0.29, 0.717) is 10.7 Å². The van der Waals surface area contributed by atoms with E-state index in [9.17, 15) is 10.1 Å². The molecule has 0 atom stereocenters. The molecule has 3 rings (SSSR count). The molecule has 1 N–H and O–H groups in total. The molecule has 1 amide bonds. The summed E-state index contributed by atoms with van der Waals surface area (Å²) in [6, 6.07) is 15.0. The van der Waals surface area contributed by atoms with Gasteiger partial charge in [0.15, 0.2) is 0 Å². The van der Waals surface area contributed by atoms with Gasteiger partial charge in [-0.05, 0) is 68.7 Å². The van der Waals surface area contributed by atoms with Crippen LogP contribution in [-0.4, -0.2) is 18.0 Å². The van der Waals surface area contributed by atoms with Crippen LogP contribution in [0.15, 0.2) is 54.1 Å². The van der Waals surface area contributed by atoms with Crippen LogP contribution in [0.4, 0.5) is 11.4 Å². The molecule has 0 spiro atoms. The van der Waals surface area contributed by atoms with Gasteiger partial charge in [0.1, 0.15) is 11.6 Å². The number of nitrogens with one attached hydrogen (secondary N) is 1. The normalized spacial score (nSPS) is 15.1. The van der Waals surface area contributed by atoms with Crippen LogP contribution in [0, 0.1) is 11.3 Å². The molecule has 0 aromatic heterocycles. The Morgan fingerprint density at radius 1 is 1.27 bits per heavy atom. The molecule has 2 aromatic carbocycles. The third-order valence-electron chi connectivity index (χ3n) is 5.25. The van der Waals surface area contributed by atoms with Gasteiger partial charge in [-0.15, -0.1) is 0 Å². The van der Waals surface area contributed by atoms with Crippen LogP contribution in [-0.2, 0) is 4.79 Å². The summed E-state index contributed by atoms with van der Waals surface area (Å²) in [5.74, 6) is -0.482. The highest BCUT2D eigenvalue weighted by Gasteiger charge is 2.30. The Morgan fingerprint density at radius 3 is 2.67 bits per heavy atom. The molecular formula is C25H26ClN3O. The number of halogens is 1. The molecule has 0 bridgehead atoms. The minimum Gasteiger partial charge on any atom is -0.362 e. The second-order valence-corrected chi connectivity index (χ2v) is 8.42. The molecule has 154 valence electrons. The number of carbonyl (C=O) groups excluding carboxylic acids is 1. The van der Waals surface area contributed by atoms with Crippen molar-refractivity contribution in [2.45, 2.75) is 39.7 Å². The molecule has 0 fully saturated rings. The molecule has 2 aromatic rings. The maximum atomic E-state index is 12.6. The van der Waals surface area contributed by atoms with E-state index in [1.807, 2.05) is 18.2 Å². The van der Waals surface area contributed by atoms with Crippen molar-refractivity contribution in [3.8, 4) is 6.07 Å². The number of hydrogen-bond donors (Lipinski definition) is 1. The van der Waals surface area contributed by atoms with E-state index in [1.54, 1.807) is 30.3 Å². The SMILES string of the molecule is CCCN1c2ccc(/C=C(\C#N)C(=O)Nc3ccccc3Cl)cc2C(C)=CC1(C)C. The monoisotopic (exact) mass is 419 g/mol.